The molecule has 4 rings (SSSR count). The summed E-state index contributed by atoms with van der Waals surface area (Å²) in [5.74, 6) is 0.739. The van der Waals surface area contributed by atoms with Crippen LogP contribution in [0.2, 0.25) is 0 Å². The van der Waals surface area contributed by atoms with Crippen molar-refractivity contribution < 1.29 is 9.21 Å². The van der Waals surface area contributed by atoms with Crippen LogP contribution in [0.25, 0.3) is 11.5 Å². The van der Waals surface area contributed by atoms with Crippen LogP contribution in [0, 0.1) is 0 Å². The monoisotopic (exact) mass is 325 g/mol. The first-order valence-electron chi connectivity index (χ1n) is 8.81. The molecule has 0 spiro atoms. The second-order valence-electron chi connectivity index (χ2n) is 6.71. The Morgan fingerprint density at radius 3 is 2.92 bits per heavy atom. The molecule has 126 valence electrons. The number of carbonyl (C=O) groups is 1. The lowest BCUT2D eigenvalue weighted by Gasteiger charge is -2.44. The Balaban J connectivity index is 1.39. The van der Waals surface area contributed by atoms with Crippen LogP contribution in [0.3, 0.4) is 0 Å². The van der Waals surface area contributed by atoms with Crippen molar-refractivity contribution >= 4 is 5.91 Å². The van der Waals surface area contributed by atoms with E-state index in [0.717, 1.165) is 25.2 Å². The molecule has 0 saturated carbocycles. The molecule has 2 aliphatic heterocycles. The molecule has 2 aliphatic rings. The maximum Gasteiger partial charge on any atom is 0.228 e. The van der Waals surface area contributed by atoms with Crippen molar-refractivity contribution in [2.75, 3.05) is 26.2 Å². The van der Waals surface area contributed by atoms with E-state index in [9.17, 15) is 4.79 Å². The van der Waals surface area contributed by atoms with Gasteiger partial charge in [0.25, 0.3) is 0 Å². The van der Waals surface area contributed by atoms with Crippen molar-refractivity contribution in [3.05, 3.63) is 42.3 Å². The van der Waals surface area contributed by atoms with Crippen LogP contribution >= 0.6 is 0 Å². The summed E-state index contributed by atoms with van der Waals surface area (Å²) >= 11 is 0. The van der Waals surface area contributed by atoms with Crippen molar-refractivity contribution in [3.8, 4) is 11.5 Å². The average Bonchev–Trinajstić information content (AvgIpc) is 3.10. The zero-order chi connectivity index (χ0) is 16.4. The number of rotatable bonds is 3. The zero-order valence-electron chi connectivity index (χ0n) is 13.9. The lowest BCUT2D eigenvalue weighted by Crippen LogP contribution is -2.56. The maximum absolute atomic E-state index is 12.6. The van der Waals surface area contributed by atoms with E-state index in [1.807, 2.05) is 35.2 Å². The molecule has 0 aliphatic carbocycles. The van der Waals surface area contributed by atoms with Crippen molar-refractivity contribution in [1.29, 1.82) is 0 Å². The summed E-state index contributed by atoms with van der Waals surface area (Å²) in [5.41, 5.74) is 1.65. The van der Waals surface area contributed by atoms with E-state index in [0.29, 0.717) is 24.0 Å². The van der Waals surface area contributed by atoms with Crippen LogP contribution in [0.5, 0.6) is 0 Å². The molecule has 1 atom stereocenters. The van der Waals surface area contributed by atoms with Crippen LogP contribution in [-0.4, -0.2) is 52.9 Å². The molecule has 2 fully saturated rings. The third-order valence-corrected chi connectivity index (χ3v) is 5.09. The highest BCUT2D eigenvalue weighted by Crippen LogP contribution is 2.22. The zero-order valence-corrected chi connectivity index (χ0v) is 13.9. The Kier molecular flexibility index (Phi) is 4.34. The van der Waals surface area contributed by atoms with Crippen LogP contribution in [-0.2, 0) is 11.2 Å². The van der Waals surface area contributed by atoms with Gasteiger partial charge in [-0.1, -0.05) is 24.6 Å². The molecule has 1 amide bonds. The minimum atomic E-state index is 0.160. The van der Waals surface area contributed by atoms with Gasteiger partial charge in [0.15, 0.2) is 0 Å². The first kappa shape index (κ1) is 15.4. The van der Waals surface area contributed by atoms with E-state index in [1.54, 1.807) is 6.26 Å². The van der Waals surface area contributed by atoms with Crippen molar-refractivity contribution in [3.63, 3.8) is 0 Å². The van der Waals surface area contributed by atoms with Crippen LogP contribution in [0.1, 0.15) is 25.0 Å². The number of nitrogens with zero attached hydrogens (tertiary/aromatic N) is 3. The molecule has 1 aromatic heterocycles. The minimum Gasteiger partial charge on any atom is -0.444 e. The summed E-state index contributed by atoms with van der Waals surface area (Å²) in [6, 6.07) is 10.3. The molecule has 0 unspecified atom stereocenters. The summed E-state index contributed by atoms with van der Waals surface area (Å²) in [5, 5.41) is 0. The van der Waals surface area contributed by atoms with Gasteiger partial charge in [-0.3, -0.25) is 9.69 Å². The molecule has 0 radical (unpaired) electrons. The summed E-state index contributed by atoms with van der Waals surface area (Å²) in [4.78, 5) is 21.6. The second-order valence-corrected chi connectivity index (χ2v) is 6.71. The van der Waals surface area contributed by atoms with Crippen molar-refractivity contribution in [2.45, 2.75) is 31.7 Å². The number of piperidine rings is 1. The second kappa shape index (κ2) is 6.77. The smallest absolute Gasteiger partial charge is 0.228 e. The minimum absolute atomic E-state index is 0.160. The Hall–Kier alpha value is -2.14. The Morgan fingerprint density at radius 2 is 2.04 bits per heavy atom. The molecule has 1 aromatic carbocycles. The number of hydrogen-bond acceptors (Lipinski definition) is 4. The normalized spacial score (nSPS) is 21.5. The quantitative estimate of drug-likeness (QED) is 0.870. The number of benzene rings is 1. The number of fused-ring (bicyclic) bond motifs is 1. The number of aromatic nitrogens is 1. The van der Waals surface area contributed by atoms with Crippen LogP contribution < -0.4 is 0 Å². The summed E-state index contributed by atoms with van der Waals surface area (Å²) in [6.45, 7) is 3.89. The van der Waals surface area contributed by atoms with Crippen LogP contribution in [0.15, 0.2) is 41.0 Å². The third kappa shape index (κ3) is 3.22. The van der Waals surface area contributed by atoms with Gasteiger partial charge in [-0.05, 0) is 31.5 Å². The van der Waals surface area contributed by atoms with E-state index < -0.39 is 0 Å². The fourth-order valence-electron chi connectivity index (χ4n) is 3.75. The summed E-state index contributed by atoms with van der Waals surface area (Å²) < 4.78 is 5.53. The van der Waals surface area contributed by atoms with Gasteiger partial charge >= 0.3 is 0 Å². The molecular formula is C19H23N3O2. The van der Waals surface area contributed by atoms with Gasteiger partial charge in [-0.15, -0.1) is 0 Å². The molecule has 0 N–H and O–H groups in total. The lowest BCUT2D eigenvalue weighted by atomic mass is 9.99. The third-order valence-electron chi connectivity index (χ3n) is 5.09. The number of hydrogen-bond donors (Lipinski definition) is 0. The Morgan fingerprint density at radius 1 is 1.17 bits per heavy atom. The Bertz CT molecular complexity index is 698. The molecule has 5 nitrogen and oxygen atoms in total. The van der Waals surface area contributed by atoms with Gasteiger partial charge in [-0.25, -0.2) is 4.98 Å². The molecule has 0 bridgehead atoms. The number of piperazine rings is 1. The molecule has 24 heavy (non-hydrogen) atoms. The van der Waals surface area contributed by atoms with Gasteiger partial charge in [0.1, 0.15) is 6.26 Å². The molecular weight excluding hydrogens is 302 g/mol. The van der Waals surface area contributed by atoms with Crippen molar-refractivity contribution in [1.82, 2.24) is 14.8 Å². The largest absolute Gasteiger partial charge is 0.444 e. The summed E-state index contributed by atoms with van der Waals surface area (Å²) in [6.07, 6.45) is 5.73. The van der Waals surface area contributed by atoms with Gasteiger partial charge in [0.2, 0.25) is 11.8 Å². The SMILES string of the molecule is O=C(Cc1coc(-c2ccccc2)n1)N1CCN2CCCC[C@H]2C1. The van der Waals surface area contributed by atoms with Gasteiger partial charge in [0, 0.05) is 31.2 Å². The van der Waals surface area contributed by atoms with Crippen molar-refractivity contribution in [2.24, 2.45) is 0 Å². The molecule has 2 saturated heterocycles. The molecule has 2 aromatic rings. The highest BCUT2D eigenvalue weighted by molar-refractivity contribution is 5.78. The van der Waals surface area contributed by atoms with E-state index in [4.69, 9.17) is 4.42 Å². The van der Waals surface area contributed by atoms with Crippen LogP contribution in [0.4, 0.5) is 0 Å². The lowest BCUT2D eigenvalue weighted by molar-refractivity contribution is -0.134. The highest BCUT2D eigenvalue weighted by Gasteiger charge is 2.31. The van der Waals surface area contributed by atoms with E-state index in [2.05, 4.69) is 9.88 Å². The standard InChI is InChI=1S/C19H23N3O2/c23-18(22-11-10-21-9-5-4-8-17(21)13-22)12-16-14-24-19(20-16)15-6-2-1-3-7-15/h1-3,6-7,14,17H,4-5,8-13H2/t17-/m0/s1. The van der Waals surface area contributed by atoms with Gasteiger partial charge in [-0.2, -0.15) is 0 Å². The number of amides is 1. The average molecular weight is 325 g/mol. The fraction of sp³-hybridized carbons (Fsp3) is 0.474. The van der Waals surface area contributed by atoms with Gasteiger partial charge < -0.3 is 9.32 Å². The molecule has 3 heterocycles. The summed E-state index contributed by atoms with van der Waals surface area (Å²) in [7, 11) is 0. The maximum atomic E-state index is 12.6. The van der Waals surface area contributed by atoms with E-state index >= 15 is 0 Å². The highest BCUT2D eigenvalue weighted by atomic mass is 16.3. The predicted octanol–water partition coefficient (Wildman–Crippen LogP) is 2.58. The topological polar surface area (TPSA) is 49.6 Å². The molecule has 5 heteroatoms. The Labute approximate surface area is 142 Å². The van der Waals surface area contributed by atoms with Gasteiger partial charge in [0.05, 0.1) is 12.1 Å². The van der Waals surface area contributed by atoms with E-state index in [1.165, 1.54) is 25.8 Å². The predicted molar refractivity (Wildman–Crippen MR) is 91.4 cm³/mol. The first-order chi connectivity index (χ1) is 11.8. The van der Waals surface area contributed by atoms with E-state index in [-0.39, 0.29) is 5.91 Å². The number of oxazole rings is 1. The first-order valence-corrected chi connectivity index (χ1v) is 8.81. The number of carbonyl (C=O) groups excluding carboxylic acids is 1. The fourth-order valence-corrected chi connectivity index (χ4v) is 3.75.